The highest BCUT2D eigenvalue weighted by atomic mass is 16.5. The first-order valence-electron chi connectivity index (χ1n) is 10.4. The van der Waals surface area contributed by atoms with Gasteiger partial charge in [0.25, 0.3) is 17.5 Å². The number of hydrogen-bond acceptors (Lipinski definition) is 6. The number of nitrogens with one attached hydrogen (secondary N) is 1. The van der Waals surface area contributed by atoms with Gasteiger partial charge in [-0.2, -0.15) is 0 Å². The van der Waals surface area contributed by atoms with Gasteiger partial charge in [0, 0.05) is 36.5 Å². The summed E-state index contributed by atoms with van der Waals surface area (Å²) in [6.07, 6.45) is 5.41. The van der Waals surface area contributed by atoms with Crippen molar-refractivity contribution in [1.82, 2.24) is 15.1 Å². The zero-order valence-corrected chi connectivity index (χ0v) is 17.7. The van der Waals surface area contributed by atoms with E-state index in [1.54, 1.807) is 41.6 Å². The lowest BCUT2D eigenvalue weighted by Gasteiger charge is -2.17. The fourth-order valence-corrected chi connectivity index (χ4v) is 3.93. The van der Waals surface area contributed by atoms with Crippen LogP contribution in [0.5, 0.6) is 0 Å². The summed E-state index contributed by atoms with van der Waals surface area (Å²) < 4.78 is 5.25. The zero-order valence-electron chi connectivity index (χ0n) is 17.7. The summed E-state index contributed by atoms with van der Waals surface area (Å²) in [6, 6.07) is 10.8. The van der Waals surface area contributed by atoms with E-state index in [9.17, 15) is 9.59 Å². The number of carbonyl (C=O) groups excluding carboxylic acids is 2. The highest BCUT2D eigenvalue weighted by Crippen LogP contribution is 2.32. The Balaban J connectivity index is 1.36. The molecule has 1 aliphatic rings. The highest BCUT2D eigenvalue weighted by molar-refractivity contribution is 6.08. The molecule has 0 aliphatic carbocycles. The van der Waals surface area contributed by atoms with E-state index >= 15 is 0 Å². The minimum absolute atomic E-state index is 0.0808. The third-order valence-corrected chi connectivity index (χ3v) is 5.55. The van der Waals surface area contributed by atoms with Gasteiger partial charge in [0.05, 0.1) is 22.2 Å². The van der Waals surface area contributed by atoms with E-state index in [0.29, 0.717) is 29.1 Å². The van der Waals surface area contributed by atoms with E-state index in [0.717, 1.165) is 28.8 Å². The molecule has 8 heteroatoms. The fraction of sp³-hybridized carbons (Fsp3) is 0.208. The Bertz CT molecular complexity index is 1330. The molecule has 3 aromatic heterocycles. The highest BCUT2D eigenvalue weighted by Gasteiger charge is 2.26. The van der Waals surface area contributed by atoms with Crippen LogP contribution < -0.4 is 10.2 Å². The first-order valence-corrected chi connectivity index (χ1v) is 10.4. The molecule has 2 amide bonds. The van der Waals surface area contributed by atoms with Gasteiger partial charge in [-0.25, -0.2) is 4.98 Å². The van der Waals surface area contributed by atoms with Gasteiger partial charge in [-0.3, -0.25) is 14.6 Å². The summed E-state index contributed by atoms with van der Waals surface area (Å²) in [7, 11) is 0. The second kappa shape index (κ2) is 7.88. The number of amides is 2. The lowest BCUT2D eigenvalue weighted by Crippen LogP contribution is -2.28. The number of carbonyl (C=O) groups is 2. The largest absolute Gasteiger partial charge is 0.336 e. The quantitative estimate of drug-likeness (QED) is 0.524. The maximum atomic E-state index is 12.8. The molecule has 1 aromatic carbocycles. The van der Waals surface area contributed by atoms with Crippen molar-refractivity contribution < 1.29 is 14.1 Å². The third kappa shape index (κ3) is 3.49. The standard InChI is InChI=1S/C24H21N5O3/c1-14(2)21-19-11-17(13-26-23(19)32-28-21)22(30)27-18-5-6-20-15(10-18)7-9-29(20)24(31)16-4-3-8-25-12-16/h3-6,8,10-14H,7,9H2,1-2H3,(H,27,30). The number of hydrogen-bond donors (Lipinski definition) is 1. The predicted octanol–water partition coefficient (Wildman–Crippen LogP) is 4.20. The summed E-state index contributed by atoms with van der Waals surface area (Å²) >= 11 is 0. The molecular weight excluding hydrogens is 406 g/mol. The van der Waals surface area contributed by atoms with Crippen molar-refractivity contribution in [2.45, 2.75) is 26.2 Å². The minimum Gasteiger partial charge on any atom is -0.336 e. The van der Waals surface area contributed by atoms with E-state index in [1.165, 1.54) is 6.20 Å². The third-order valence-electron chi connectivity index (χ3n) is 5.55. The second-order valence-electron chi connectivity index (χ2n) is 8.05. The summed E-state index contributed by atoms with van der Waals surface area (Å²) in [6.45, 7) is 4.61. The minimum atomic E-state index is -0.267. The molecule has 4 heterocycles. The zero-order chi connectivity index (χ0) is 22.2. The summed E-state index contributed by atoms with van der Waals surface area (Å²) in [5, 5.41) is 7.72. The average Bonchev–Trinajstić information content (AvgIpc) is 3.42. The summed E-state index contributed by atoms with van der Waals surface area (Å²) in [5.74, 6) is -0.190. The van der Waals surface area contributed by atoms with Gasteiger partial charge in [0.2, 0.25) is 0 Å². The van der Waals surface area contributed by atoms with Gasteiger partial charge < -0.3 is 14.7 Å². The molecule has 1 N–H and O–H groups in total. The number of aromatic nitrogens is 3. The topological polar surface area (TPSA) is 101 Å². The molecule has 0 bridgehead atoms. The van der Waals surface area contributed by atoms with E-state index in [4.69, 9.17) is 4.52 Å². The number of benzene rings is 1. The molecule has 4 aromatic rings. The van der Waals surface area contributed by atoms with Crippen molar-refractivity contribution in [3.63, 3.8) is 0 Å². The lowest BCUT2D eigenvalue weighted by molar-refractivity contribution is 0.0987. The van der Waals surface area contributed by atoms with Crippen LogP contribution in [0.15, 0.2) is 59.5 Å². The Kier molecular flexibility index (Phi) is 4.89. The molecule has 0 unspecified atom stereocenters. The first kappa shape index (κ1) is 19.9. The maximum Gasteiger partial charge on any atom is 0.259 e. The molecular formula is C24H21N5O3. The molecule has 8 nitrogen and oxygen atoms in total. The normalized spacial score (nSPS) is 12.9. The van der Waals surface area contributed by atoms with Crippen LogP contribution in [-0.2, 0) is 6.42 Å². The number of anilines is 2. The molecule has 0 radical (unpaired) electrons. The molecule has 0 spiro atoms. The average molecular weight is 427 g/mol. The van der Waals surface area contributed by atoms with Crippen LogP contribution in [-0.4, -0.2) is 33.5 Å². The summed E-state index contributed by atoms with van der Waals surface area (Å²) in [4.78, 5) is 35.7. The van der Waals surface area contributed by atoms with Gasteiger partial charge >= 0.3 is 0 Å². The maximum absolute atomic E-state index is 12.8. The van der Waals surface area contributed by atoms with E-state index in [2.05, 4.69) is 20.4 Å². The smallest absolute Gasteiger partial charge is 0.259 e. The number of nitrogens with zero attached hydrogens (tertiary/aromatic N) is 4. The molecule has 0 saturated carbocycles. The van der Waals surface area contributed by atoms with E-state index < -0.39 is 0 Å². The van der Waals surface area contributed by atoms with Crippen LogP contribution in [0.2, 0.25) is 0 Å². The Hall–Kier alpha value is -4.07. The molecule has 0 fully saturated rings. The second-order valence-corrected chi connectivity index (χ2v) is 8.05. The van der Waals surface area contributed by atoms with Gasteiger partial charge in [-0.1, -0.05) is 19.0 Å². The first-order chi connectivity index (χ1) is 15.5. The van der Waals surface area contributed by atoms with Crippen LogP contribution in [0, 0.1) is 0 Å². The van der Waals surface area contributed by atoms with Crippen molar-refractivity contribution in [3.05, 3.63) is 77.4 Å². The van der Waals surface area contributed by atoms with Crippen molar-refractivity contribution >= 4 is 34.3 Å². The Morgan fingerprint density at radius 1 is 1.12 bits per heavy atom. The van der Waals surface area contributed by atoms with Crippen molar-refractivity contribution in [1.29, 1.82) is 0 Å². The molecule has 0 saturated heterocycles. The van der Waals surface area contributed by atoms with Crippen LogP contribution >= 0.6 is 0 Å². The number of rotatable bonds is 4. The molecule has 32 heavy (non-hydrogen) atoms. The molecule has 0 atom stereocenters. The number of fused-ring (bicyclic) bond motifs is 2. The van der Waals surface area contributed by atoms with Crippen molar-refractivity contribution in [2.75, 3.05) is 16.8 Å². The monoisotopic (exact) mass is 427 g/mol. The van der Waals surface area contributed by atoms with Crippen molar-refractivity contribution in [3.8, 4) is 0 Å². The van der Waals surface area contributed by atoms with Crippen molar-refractivity contribution in [2.24, 2.45) is 0 Å². The van der Waals surface area contributed by atoms with Gasteiger partial charge in [0.15, 0.2) is 0 Å². The van der Waals surface area contributed by atoms with E-state index in [-0.39, 0.29) is 17.7 Å². The van der Waals surface area contributed by atoms with Gasteiger partial charge in [-0.05, 0) is 54.3 Å². The Morgan fingerprint density at radius 2 is 2.00 bits per heavy atom. The SMILES string of the molecule is CC(C)c1noc2ncc(C(=O)Nc3ccc4c(c3)CCN4C(=O)c3cccnc3)cc12. The fourth-order valence-electron chi connectivity index (χ4n) is 3.93. The molecule has 1 aliphatic heterocycles. The molecule has 5 rings (SSSR count). The lowest BCUT2D eigenvalue weighted by atomic mass is 10.1. The van der Waals surface area contributed by atoms with Crippen LogP contribution in [0.25, 0.3) is 11.1 Å². The van der Waals surface area contributed by atoms with Crippen LogP contribution in [0.3, 0.4) is 0 Å². The predicted molar refractivity (Wildman–Crippen MR) is 120 cm³/mol. The Labute approximate surface area is 184 Å². The van der Waals surface area contributed by atoms with Gasteiger partial charge in [-0.15, -0.1) is 0 Å². The molecule has 160 valence electrons. The van der Waals surface area contributed by atoms with E-state index in [1.807, 2.05) is 26.0 Å². The summed E-state index contributed by atoms with van der Waals surface area (Å²) in [5.41, 5.74) is 4.70. The number of pyridine rings is 2. The van der Waals surface area contributed by atoms with Gasteiger partial charge in [0.1, 0.15) is 0 Å². The van der Waals surface area contributed by atoms with Crippen LogP contribution in [0.1, 0.15) is 51.7 Å². The van der Waals surface area contributed by atoms with Crippen LogP contribution in [0.4, 0.5) is 11.4 Å². The Morgan fingerprint density at radius 3 is 2.78 bits per heavy atom.